The summed E-state index contributed by atoms with van der Waals surface area (Å²) in [7, 11) is 3.76. The third-order valence-corrected chi connectivity index (χ3v) is 1.49. The van der Waals surface area contributed by atoms with Crippen LogP contribution in [0.25, 0.3) is 0 Å². The molecular weight excluding hydrogens is 142 g/mol. The summed E-state index contributed by atoms with van der Waals surface area (Å²) < 4.78 is 0. The van der Waals surface area contributed by atoms with Crippen molar-refractivity contribution in [1.82, 2.24) is 4.90 Å². The molecule has 0 aromatic heterocycles. The average molecular weight is 155 g/mol. The molecule has 4 nitrogen and oxygen atoms in total. The molecule has 0 heterocycles. The van der Waals surface area contributed by atoms with Crippen LogP contribution in [0.1, 0.15) is 12.8 Å². The summed E-state index contributed by atoms with van der Waals surface area (Å²) >= 11 is 0. The van der Waals surface area contributed by atoms with Crippen molar-refractivity contribution in [2.45, 2.75) is 18.9 Å². The molecule has 11 heavy (non-hydrogen) atoms. The second-order valence-corrected chi connectivity index (χ2v) is 2.86. The maximum atomic E-state index is 8.28. The largest absolute Gasteiger partial charge is 0.411 e. The van der Waals surface area contributed by atoms with Crippen LogP contribution >= 0.6 is 0 Å². The van der Waals surface area contributed by atoms with Gasteiger partial charge >= 0.3 is 0 Å². The minimum Gasteiger partial charge on any atom is -0.411 e. The van der Waals surface area contributed by atoms with Gasteiger partial charge in [0.15, 0.2) is 0 Å². The van der Waals surface area contributed by atoms with Crippen molar-refractivity contribution in [1.29, 1.82) is 0 Å². The van der Waals surface area contributed by atoms with E-state index in [1.807, 2.05) is 19.0 Å². The summed E-state index contributed by atoms with van der Waals surface area (Å²) in [5.74, 6) is 0.731. The van der Waals surface area contributed by atoms with E-state index in [2.05, 4.69) is 10.1 Å². The zero-order valence-electron chi connectivity index (χ0n) is 6.86. The maximum absolute atomic E-state index is 8.28. The van der Waals surface area contributed by atoms with Crippen molar-refractivity contribution in [2.75, 3.05) is 14.1 Å². The highest BCUT2D eigenvalue weighted by Crippen LogP contribution is 2.23. The van der Waals surface area contributed by atoms with Gasteiger partial charge in [-0.05, 0) is 12.8 Å². The van der Waals surface area contributed by atoms with Crippen molar-refractivity contribution >= 4 is 12.1 Å². The predicted molar refractivity (Wildman–Crippen MR) is 44.4 cm³/mol. The third kappa shape index (κ3) is 2.57. The van der Waals surface area contributed by atoms with E-state index < -0.39 is 0 Å². The fourth-order valence-electron chi connectivity index (χ4n) is 0.707. The van der Waals surface area contributed by atoms with Crippen LogP contribution in [-0.4, -0.2) is 42.3 Å². The maximum Gasteiger partial charge on any atom is 0.145 e. The van der Waals surface area contributed by atoms with E-state index in [1.54, 1.807) is 0 Å². The van der Waals surface area contributed by atoms with Gasteiger partial charge in [0, 0.05) is 14.1 Å². The molecule has 0 spiro atoms. The van der Waals surface area contributed by atoms with Crippen LogP contribution in [0.2, 0.25) is 0 Å². The molecule has 1 rings (SSSR count). The zero-order valence-corrected chi connectivity index (χ0v) is 6.86. The van der Waals surface area contributed by atoms with Gasteiger partial charge in [-0.3, -0.25) is 4.99 Å². The Morgan fingerprint density at radius 3 is 2.55 bits per heavy atom. The molecule has 1 N–H and O–H groups in total. The molecule has 0 atom stereocenters. The van der Waals surface area contributed by atoms with Gasteiger partial charge in [0.05, 0.1) is 6.04 Å². The van der Waals surface area contributed by atoms with Crippen LogP contribution in [0.5, 0.6) is 0 Å². The summed E-state index contributed by atoms with van der Waals surface area (Å²) in [4.78, 5) is 6.14. The summed E-state index contributed by atoms with van der Waals surface area (Å²) in [5, 5.41) is 11.2. The van der Waals surface area contributed by atoms with Crippen LogP contribution in [0.4, 0.5) is 0 Å². The fraction of sp³-hybridized carbons (Fsp3) is 0.714. The number of nitrogens with zero attached hydrogens (tertiary/aromatic N) is 3. The molecule has 0 aliphatic heterocycles. The van der Waals surface area contributed by atoms with Gasteiger partial charge in [-0.2, -0.15) is 0 Å². The number of rotatable bonds is 2. The highest BCUT2D eigenvalue weighted by atomic mass is 16.4. The molecule has 0 saturated heterocycles. The molecule has 0 amide bonds. The summed E-state index contributed by atoms with van der Waals surface area (Å²) in [6, 6.07) is 0.463. The first-order valence-corrected chi connectivity index (χ1v) is 3.66. The zero-order chi connectivity index (χ0) is 8.27. The van der Waals surface area contributed by atoms with Gasteiger partial charge in [0.2, 0.25) is 0 Å². The first kappa shape index (κ1) is 8.04. The Morgan fingerprint density at radius 2 is 2.18 bits per heavy atom. The number of aliphatic imine (C=N–C) groups is 1. The van der Waals surface area contributed by atoms with Crippen molar-refractivity contribution in [3.8, 4) is 0 Å². The Hall–Kier alpha value is -1.06. The quantitative estimate of drug-likeness (QED) is 0.274. The fourth-order valence-corrected chi connectivity index (χ4v) is 0.707. The van der Waals surface area contributed by atoms with Crippen molar-refractivity contribution in [2.24, 2.45) is 10.1 Å². The van der Waals surface area contributed by atoms with E-state index in [0.717, 1.165) is 18.7 Å². The van der Waals surface area contributed by atoms with Crippen LogP contribution in [-0.2, 0) is 0 Å². The molecule has 0 bridgehead atoms. The molecule has 4 heteroatoms. The van der Waals surface area contributed by atoms with Crippen LogP contribution in [0, 0.1) is 0 Å². The molecule has 1 aliphatic carbocycles. The van der Waals surface area contributed by atoms with Gasteiger partial charge in [-0.25, -0.2) is 0 Å². The summed E-state index contributed by atoms with van der Waals surface area (Å²) in [6.45, 7) is 0. The summed E-state index contributed by atoms with van der Waals surface area (Å²) in [5.41, 5.74) is 0. The average Bonchev–Trinajstić information content (AvgIpc) is 2.70. The molecule has 0 aromatic carbocycles. The minimum absolute atomic E-state index is 0.463. The molecule has 1 saturated carbocycles. The molecule has 0 radical (unpaired) electrons. The van der Waals surface area contributed by atoms with Gasteiger partial charge in [0.25, 0.3) is 0 Å². The van der Waals surface area contributed by atoms with Gasteiger partial charge in [-0.1, -0.05) is 5.16 Å². The number of hydrogen-bond acceptors (Lipinski definition) is 3. The normalized spacial score (nSPS) is 19.3. The number of amidine groups is 1. The molecule has 1 aliphatic rings. The van der Waals surface area contributed by atoms with Crippen LogP contribution < -0.4 is 0 Å². The molecule has 1 fully saturated rings. The molecule has 62 valence electrons. The Labute approximate surface area is 66.2 Å². The number of hydrogen-bond donors (Lipinski definition) is 1. The highest BCUT2D eigenvalue weighted by Gasteiger charge is 2.20. The SMILES string of the molecule is CN(C)C(/C=N/O)=NC1CC1. The smallest absolute Gasteiger partial charge is 0.145 e. The standard InChI is InChI=1S/C7H13N3O/c1-10(2)7(5-8-11)9-6-3-4-6/h5-6,11H,3-4H2,1-2H3/b8-5+,9-7?. The second kappa shape index (κ2) is 3.37. The lowest BCUT2D eigenvalue weighted by Crippen LogP contribution is -2.23. The Bertz CT molecular complexity index is 182. The Balaban J connectivity index is 2.56. The predicted octanol–water partition coefficient (Wildman–Crippen LogP) is 0.569. The summed E-state index contributed by atoms with van der Waals surface area (Å²) in [6.07, 6.45) is 3.69. The second-order valence-electron chi connectivity index (χ2n) is 2.86. The van der Waals surface area contributed by atoms with Crippen molar-refractivity contribution < 1.29 is 5.21 Å². The third-order valence-electron chi connectivity index (χ3n) is 1.49. The first-order chi connectivity index (χ1) is 5.24. The highest BCUT2D eigenvalue weighted by molar-refractivity contribution is 6.29. The van der Waals surface area contributed by atoms with Crippen LogP contribution in [0.3, 0.4) is 0 Å². The molecular formula is C7H13N3O. The van der Waals surface area contributed by atoms with Gasteiger partial charge in [-0.15, -0.1) is 0 Å². The van der Waals surface area contributed by atoms with E-state index in [1.165, 1.54) is 6.21 Å². The number of oxime groups is 1. The Morgan fingerprint density at radius 1 is 1.55 bits per heavy atom. The van der Waals surface area contributed by atoms with Crippen LogP contribution in [0.15, 0.2) is 10.1 Å². The Kier molecular flexibility index (Phi) is 2.46. The van der Waals surface area contributed by atoms with Gasteiger partial charge in [0.1, 0.15) is 12.1 Å². The van der Waals surface area contributed by atoms with Crippen molar-refractivity contribution in [3.05, 3.63) is 0 Å². The van der Waals surface area contributed by atoms with Gasteiger partial charge < -0.3 is 10.1 Å². The van der Waals surface area contributed by atoms with E-state index >= 15 is 0 Å². The topological polar surface area (TPSA) is 48.2 Å². The van der Waals surface area contributed by atoms with E-state index in [0.29, 0.717) is 6.04 Å². The monoisotopic (exact) mass is 155 g/mol. The van der Waals surface area contributed by atoms with Crippen molar-refractivity contribution in [3.63, 3.8) is 0 Å². The van der Waals surface area contributed by atoms with E-state index in [4.69, 9.17) is 5.21 Å². The lowest BCUT2D eigenvalue weighted by molar-refractivity contribution is 0.322. The lowest BCUT2D eigenvalue weighted by atomic mass is 10.5. The first-order valence-electron chi connectivity index (χ1n) is 3.66. The molecule has 0 aromatic rings. The minimum atomic E-state index is 0.463. The van der Waals surface area contributed by atoms with E-state index in [9.17, 15) is 0 Å². The molecule has 0 unspecified atom stereocenters. The lowest BCUT2D eigenvalue weighted by Gasteiger charge is -2.10. The van der Waals surface area contributed by atoms with E-state index in [-0.39, 0.29) is 0 Å².